The number of aryl methyl sites for hydroxylation is 1. The molecule has 1 rings (SSSR count). The zero-order valence-electron chi connectivity index (χ0n) is 8.92. The van der Waals surface area contributed by atoms with Crippen molar-refractivity contribution in [1.82, 2.24) is 5.32 Å². The Labute approximate surface area is 90.0 Å². The van der Waals surface area contributed by atoms with Crippen LogP contribution in [0.4, 0.5) is 0 Å². The molecule has 0 saturated carbocycles. The smallest absolute Gasteiger partial charge is 0.0431 e. The van der Waals surface area contributed by atoms with E-state index in [4.69, 9.17) is 5.11 Å². The van der Waals surface area contributed by atoms with Gasteiger partial charge in [-0.25, -0.2) is 0 Å². The minimum Gasteiger partial charge on any atom is -0.396 e. The highest BCUT2D eigenvalue weighted by Crippen LogP contribution is 2.15. The van der Waals surface area contributed by atoms with Gasteiger partial charge >= 0.3 is 0 Å². The highest BCUT2D eigenvalue weighted by atomic mass is 32.1. The molecule has 0 aliphatic carbocycles. The van der Waals surface area contributed by atoms with Crippen LogP contribution < -0.4 is 5.32 Å². The Kier molecular flexibility index (Phi) is 5.15. The van der Waals surface area contributed by atoms with Crippen molar-refractivity contribution in [3.63, 3.8) is 0 Å². The van der Waals surface area contributed by atoms with Crippen LogP contribution in [0.25, 0.3) is 0 Å². The van der Waals surface area contributed by atoms with E-state index in [0.29, 0.717) is 12.6 Å². The topological polar surface area (TPSA) is 32.3 Å². The van der Waals surface area contributed by atoms with Crippen molar-refractivity contribution < 1.29 is 5.11 Å². The predicted molar refractivity (Wildman–Crippen MR) is 61.7 cm³/mol. The third-order valence-corrected chi connectivity index (χ3v) is 3.40. The van der Waals surface area contributed by atoms with Crippen molar-refractivity contribution in [2.75, 3.05) is 6.61 Å². The van der Waals surface area contributed by atoms with E-state index in [-0.39, 0.29) is 0 Å². The molecule has 0 spiro atoms. The van der Waals surface area contributed by atoms with Gasteiger partial charge in [0, 0.05) is 24.1 Å². The molecular formula is C11H19NOS. The molecule has 1 atom stereocenters. The number of hydrogen-bond acceptors (Lipinski definition) is 3. The summed E-state index contributed by atoms with van der Waals surface area (Å²) in [5, 5.41) is 14.3. The zero-order chi connectivity index (χ0) is 10.4. The molecule has 0 radical (unpaired) electrons. The molecule has 1 aromatic heterocycles. The van der Waals surface area contributed by atoms with E-state index in [1.807, 2.05) is 0 Å². The molecule has 0 amide bonds. The minimum absolute atomic E-state index is 0.296. The number of thiophene rings is 1. The molecular weight excluding hydrogens is 194 g/mol. The Bertz CT molecular complexity index is 260. The summed E-state index contributed by atoms with van der Waals surface area (Å²) in [5.41, 5.74) is 1.37. The standard InChI is InChI=1S/C11H19NOS/c1-9-5-7-14-11(9)8-12-10(2)4-3-6-13/h5,7,10,12-13H,3-4,6,8H2,1-2H3. The molecule has 0 fully saturated rings. The fourth-order valence-corrected chi connectivity index (χ4v) is 2.21. The highest BCUT2D eigenvalue weighted by Gasteiger charge is 2.03. The lowest BCUT2D eigenvalue weighted by Gasteiger charge is -2.12. The molecule has 0 saturated heterocycles. The van der Waals surface area contributed by atoms with Gasteiger partial charge in [-0.2, -0.15) is 0 Å². The van der Waals surface area contributed by atoms with Crippen LogP contribution in [0.15, 0.2) is 11.4 Å². The number of rotatable bonds is 6. The van der Waals surface area contributed by atoms with Gasteiger partial charge in [0.15, 0.2) is 0 Å². The molecule has 0 aliphatic heterocycles. The average Bonchev–Trinajstić information content (AvgIpc) is 2.58. The predicted octanol–water partition coefficient (Wildman–Crippen LogP) is 2.31. The Morgan fingerprint density at radius 3 is 2.93 bits per heavy atom. The van der Waals surface area contributed by atoms with Crippen LogP contribution >= 0.6 is 11.3 Å². The van der Waals surface area contributed by atoms with Crippen LogP contribution in [-0.2, 0) is 6.54 Å². The first-order valence-electron chi connectivity index (χ1n) is 5.11. The second kappa shape index (κ2) is 6.17. The van der Waals surface area contributed by atoms with Gasteiger partial charge < -0.3 is 10.4 Å². The molecule has 1 heterocycles. The molecule has 2 nitrogen and oxygen atoms in total. The fourth-order valence-electron chi connectivity index (χ4n) is 1.35. The maximum Gasteiger partial charge on any atom is 0.0431 e. The molecule has 1 aromatic rings. The molecule has 80 valence electrons. The summed E-state index contributed by atoms with van der Waals surface area (Å²) in [7, 11) is 0. The summed E-state index contributed by atoms with van der Waals surface area (Å²) in [4.78, 5) is 1.42. The maximum absolute atomic E-state index is 8.69. The largest absolute Gasteiger partial charge is 0.396 e. The van der Waals surface area contributed by atoms with E-state index in [0.717, 1.165) is 19.4 Å². The molecule has 3 heteroatoms. The average molecular weight is 213 g/mol. The second-order valence-electron chi connectivity index (χ2n) is 3.67. The Hall–Kier alpha value is -0.380. The van der Waals surface area contributed by atoms with Crippen molar-refractivity contribution in [1.29, 1.82) is 0 Å². The van der Waals surface area contributed by atoms with Gasteiger partial charge in [0.1, 0.15) is 0 Å². The number of aliphatic hydroxyl groups is 1. The lowest BCUT2D eigenvalue weighted by atomic mass is 10.2. The quantitative estimate of drug-likeness (QED) is 0.760. The molecule has 1 unspecified atom stereocenters. The van der Waals surface area contributed by atoms with Crippen molar-refractivity contribution >= 4 is 11.3 Å². The number of hydrogen-bond donors (Lipinski definition) is 2. The third-order valence-electron chi connectivity index (χ3n) is 2.37. The van der Waals surface area contributed by atoms with E-state index in [9.17, 15) is 0 Å². The lowest BCUT2D eigenvalue weighted by molar-refractivity contribution is 0.276. The Morgan fingerprint density at radius 2 is 2.36 bits per heavy atom. The second-order valence-corrected chi connectivity index (χ2v) is 4.68. The zero-order valence-corrected chi connectivity index (χ0v) is 9.73. The molecule has 0 aliphatic rings. The van der Waals surface area contributed by atoms with Gasteiger partial charge in [-0.3, -0.25) is 0 Å². The van der Waals surface area contributed by atoms with E-state index in [1.54, 1.807) is 11.3 Å². The van der Waals surface area contributed by atoms with Crippen LogP contribution in [0.1, 0.15) is 30.2 Å². The maximum atomic E-state index is 8.69. The molecule has 0 aromatic carbocycles. The summed E-state index contributed by atoms with van der Waals surface area (Å²) >= 11 is 1.80. The van der Waals surface area contributed by atoms with Crippen LogP contribution in [0.5, 0.6) is 0 Å². The molecule has 2 N–H and O–H groups in total. The lowest BCUT2D eigenvalue weighted by Crippen LogP contribution is -2.25. The van der Waals surface area contributed by atoms with Crippen molar-refractivity contribution in [2.24, 2.45) is 0 Å². The van der Waals surface area contributed by atoms with Crippen LogP contribution in [0, 0.1) is 6.92 Å². The first-order chi connectivity index (χ1) is 6.74. The monoisotopic (exact) mass is 213 g/mol. The summed E-state index contributed by atoms with van der Waals surface area (Å²) in [5.74, 6) is 0. The number of nitrogens with one attached hydrogen (secondary N) is 1. The summed E-state index contributed by atoms with van der Waals surface area (Å²) < 4.78 is 0. The van der Waals surface area contributed by atoms with Crippen LogP contribution in [0.3, 0.4) is 0 Å². The van der Waals surface area contributed by atoms with Gasteiger partial charge in [-0.1, -0.05) is 0 Å². The van der Waals surface area contributed by atoms with Crippen molar-refractivity contribution in [3.8, 4) is 0 Å². The number of aliphatic hydroxyl groups excluding tert-OH is 1. The highest BCUT2D eigenvalue weighted by molar-refractivity contribution is 7.10. The van der Waals surface area contributed by atoms with E-state index < -0.39 is 0 Å². The summed E-state index contributed by atoms with van der Waals surface area (Å²) in [6.45, 7) is 5.56. The normalized spacial score (nSPS) is 13.1. The van der Waals surface area contributed by atoms with Crippen molar-refractivity contribution in [2.45, 2.75) is 39.3 Å². The van der Waals surface area contributed by atoms with E-state index >= 15 is 0 Å². The fraction of sp³-hybridized carbons (Fsp3) is 0.636. The molecule has 0 bridgehead atoms. The van der Waals surface area contributed by atoms with Gasteiger partial charge in [0.2, 0.25) is 0 Å². The Morgan fingerprint density at radius 1 is 1.57 bits per heavy atom. The van der Waals surface area contributed by atoms with E-state index in [1.165, 1.54) is 10.4 Å². The third kappa shape index (κ3) is 3.78. The molecule has 14 heavy (non-hydrogen) atoms. The Balaban J connectivity index is 2.23. The van der Waals surface area contributed by atoms with E-state index in [2.05, 4.69) is 30.6 Å². The van der Waals surface area contributed by atoms with Crippen LogP contribution in [0.2, 0.25) is 0 Å². The first kappa shape index (κ1) is 11.7. The van der Waals surface area contributed by atoms with Gasteiger partial charge in [0.25, 0.3) is 0 Å². The minimum atomic E-state index is 0.296. The SMILES string of the molecule is Cc1ccsc1CNC(C)CCCO. The van der Waals surface area contributed by atoms with Gasteiger partial charge in [0.05, 0.1) is 0 Å². The summed E-state index contributed by atoms with van der Waals surface area (Å²) in [6.07, 6.45) is 1.93. The van der Waals surface area contributed by atoms with Gasteiger partial charge in [-0.05, 0) is 43.7 Å². The van der Waals surface area contributed by atoms with Gasteiger partial charge in [-0.15, -0.1) is 11.3 Å². The van der Waals surface area contributed by atoms with Crippen molar-refractivity contribution in [3.05, 3.63) is 21.9 Å². The van der Waals surface area contributed by atoms with Crippen LogP contribution in [-0.4, -0.2) is 17.8 Å². The first-order valence-corrected chi connectivity index (χ1v) is 5.99. The summed E-state index contributed by atoms with van der Waals surface area (Å²) in [6, 6.07) is 2.64.